The zero-order chi connectivity index (χ0) is 14.8. The molecule has 0 spiro atoms. The predicted molar refractivity (Wildman–Crippen MR) is 80.4 cm³/mol. The van der Waals surface area contributed by atoms with Crippen LogP contribution in [-0.4, -0.2) is 19.1 Å². The van der Waals surface area contributed by atoms with Crippen LogP contribution < -0.4 is 11.2 Å². The molecule has 0 saturated heterocycles. The zero-order valence-electron chi connectivity index (χ0n) is 11.7. The summed E-state index contributed by atoms with van der Waals surface area (Å²) in [6.07, 6.45) is 2.17. The molecule has 3 aromatic rings. The number of fused-ring (bicyclic) bond motifs is 1. The number of imidazole rings is 1. The molecule has 0 fully saturated rings. The summed E-state index contributed by atoms with van der Waals surface area (Å²) in [6.45, 7) is 2.73. The second-order valence-electron chi connectivity index (χ2n) is 4.91. The van der Waals surface area contributed by atoms with Crippen LogP contribution in [-0.2, 0) is 13.1 Å². The quantitative estimate of drug-likeness (QED) is 0.786. The minimum absolute atomic E-state index is 0.307. The average Bonchev–Trinajstić information content (AvgIpc) is 2.99. The van der Waals surface area contributed by atoms with E-state index in [2.05, 4.69) is 9.97 Å². The van der Waals surface area contributed by atoms with Crippen LogP contribution in [0.25, 0.3) is 11.2 Å². The lowest BCUT2D eigenvalue weighted by atomic mass is 10.2. The van der Waals surface area contributed by atoms with E-state index in [9.17, 15) is 9.59 Å². The fourth-order valence-corrected chi connectivity index (χ4v) is 2.44. The first-order chi connectivity index (χ1) is 10.2. The molecule has 0 atom stereocenters. The standard InChI is InChI=1S/C15H16N4O2/c1-2-8-18-14(20)12-13(17-10-16-12)19(15(18)21)9-11-6-4-3-5-7-11/h3-7,10H,2,8-9H2,1H3,(H,16,17). The molecular formula is C15H16N4O2. The van der Waals surface area contributed by atoms with Gasteiger partial charge in [0.25, 0.3) is 5.56 Å². The van der Waals surface area contributed by atoms with Gasteiger partial charge >= 0.3 is 5.69 Å². The van der Waals surface area contributed by atoms with E-state index in [1.807, 2.05) is 37.3 Å². The van der Waals surface area contributed by atoms with E-state index in [-0.39, 0.29) is 11.2 Å². The van der Waals surface area contributed by atoms with Crippen LogP contribution in [0.4, 0.5) is 0 Å². The summed E-state index contributed by atoms with van der Waals surface area (Å²) >= 11 is 0. The summed E-state index contributed by atoms with van der Waals surface area (Å²) < 4.78 is 2.81. The Labute approximate surface area is 120 Å². The largest absolute Gasteiger partial charge is 0.339 e. The monoisotopic (exact) mass is 284 g/mol. The number of nitrogens with zero attached hydrogens (tertiary/aromatic N) is 3. The lowest BCUT2D eigenvalue weighted by Gasteiger charge is -2.10. The maximum Gasteiger partial charge on any atom is 0.333 e. The van der Waals surface area contributed by atoms with E-state index in [4.69, 9.17) is 0 Å². The van der Waals surface area contributed by atoms with Gasteiger partial charge in [0, 0.05) is 6.54 Å². The summed E-state index contributed by atoms with van der Waals surface area (Å²) in [6, 6.07) is 9.66. The number of rotatable bonds is 4. The predicted octanol–water partition coefficient (Wildman–Crippen LogP) is 1.34. The van der Waals surface area contributed by atoms with Gasteiger partial charge in [-0.15, -0.1) is 0 Å². The molecule has 0 aliphatic rings. The van der Waals surface area contributed by atoms with Gasteiger partial charge in [-0.2, -0.15) is 0 Å². The third-order valence-electron chi connectivity index (χ3n) is 3.43. The van der Waals surface area contributed by atoms with Crippen molar-refractivity contribution in [2.45, 2.75) is 26.4 Å². The van der Waals surface area contributed by atoms with Gasteiger partial charge in [0.1, 0.15) is 5.52 Å². The molecule has 0 aliphatic carbocycles. The molecule has 0 bridgehead atoms. The minimum Gasteiger partial charge on any atom is -0.339 e. The molecule has 1 N–H and O–H groups in total. The normalized spacial score (nSPS) is 11.1. The molecular weight excluding hydrogens is 268 g/mol. The van der Waals surface area contributed by atoms with Crippen molar-refractivity contribution in [3.8, 4) is 0 Å². The molecule has 6 nitrogen and oxygen atoms in total. The van der Waals surface area contributed by atoms with Gasteiger partial charge in [0.2, 0.25) is 0 Å². The molecule has 0 aliphatic heterocycles. The van der Waals surface area contributed by atoms with Gasteiger partial charge in [0.05, 0.1) is 12.9 Å². The van der Waals surface area contributed by atoms with Crippen molar-refractivity contribution in [2.75, 3.05) is 0 Å². The minimum atomic E-state index is -0.315. The number of aromatic nitrogens is 4. The highest BCUT2D eigenvalue weighted by Crippen LogP contribution is 2.06. The van der Waals surface area contributed by atoms with Crippen LogP contribution in [0.2, 0.25) is 0 Å². The highest BCUT2D eigenvalue weighted by Gasteiger charge is 2.14. The lowest BCUT2D eigenvalue weighted by molar-refractivity contribution is 0.579. The lowest BCUT2D eigenvalue weighted by Crippen LogP contribution is -2.40. The second-order valence-corrected chi connectivity index (χ2v) is 4.91. The number of aromatic amines is 1. The molecule has 2 heterocycles. The Morgan fingerprint density at radius 1 is 1.14 bits per heavy atom. The molecule has 21 heavy (non-hydrogen) atoms. The van der Waals surface area contributed by atoms with Crippen molar-refractivity contribution < 1.29 is 0 Å². The van der Waals surface area contributed by atoms with Gasteiger partial charge in [-0.1, -0.05) is 37.3 Å². The Kier molecular flexibility index (Phi) is 3.43. The number of hydrogen-bond donors (Lipinski definition) is 1. The Balaban J connectivity index is 2.24. The second kappa shape index (κ2) is 5.40. The van der Waals surface area contributed by atoms with Gasteiger partial charge in [0.15, 0.2) is 5.65 Å². The molecule has 1 aromatic carbocycles. The number of hydrogen-bond acceptors (Lipinski definition) is 3. The molecule has 6 heteroatoms. The van der Waals surface area contributed by atoms with Gasteiger partial charge in [-0.05, 0) is 12.0 Å². The highest BCUT2D eigenvalue weighted by atomic mass is 16.2. The summed E-state index contributed by atoms with van der Waals surface area (Å²) in [5.41, 5.74) is 1.15. The third kappa shape index (κ3) is 2.29. The van der Waals surface area contributed by atoms with E-state index in [0.29, 0.717) is 24.3 Å². The van der Waals surface area contributed by atoms with Crippen LogP contribution in [0.15, 0.2) is 46.2 Å². The fraction of sp³-hybridized carbons (Fsp3) is 0.267. The Bertz CT molecular complexity index is 874. The molecule has 3 rings (SSSR count). The van der Waals surface area contributed by atoms with E-state index in [1.54, 1.807) is 0 Å². The molecule has 2 aromatic heterocycles. The number of benzene rings is 1. The first-order valence-corrected chi connectivity index (χ1v) is 6.93. The van der Waals surface area contributed by atoms with E-state index in [1.165, 1.54) is 15.5 Å². The fourth-order valence-electron chi connectivity index (χ4n) is 2.44. The zero-order valence-corrected chi connectivity index (χ0v) is 11.7. The van der Waals surface area contributed by atoms with E-state index in [0.717, 1.165) is 12.0 Å². The molecule has 0 saturated carbocycles. The average molecular weight is 284 g/mol. The topological polar surface area (TPSA) is 72.7 Å². The van der Waals surface area contributed by atoms with Crippen LogP contribution in [0.3, 0.4) is 0 Å². The van der Waals surface area contributed by atoms with Crippen LogP contribution in [0.5, 0.6) is 0 Å². The van der Waals surface area contributed by atoms with Crippen molar-refractivity contribution in [2.24, 2.45) is 0 Å². The maximum absolute atomic E-state index is 12.6. The summed E-state index contributed by atoms with van der Waals surface area (Å²) in [7, 11) is 0. The van der Waals surface area contributed by atoms with E-state index >= 15 is 0 Å². The molecule has 0 unspecified atom stereocenters. The van der Waals surface area contributed by atoms with Gasteiger partial charge in [-0.25, -0.2) is 9.78 Å². The van der Waals surface area contributed by atoms with Crippen LogP contribution in [0.1, 0.15) is 18.9 Å². The Morgan fingerprint density at radius 3 is 2.62 bits per heavy atom. The van der Waals surface area contributed by atoms with Crippen molar-refractivity contribution in [3.05, 3.63) is 63.1 Å². The van der Waals surface area contributed by atoms with E-state index < -0.39 is 0 Å². The summed E-state index contributed by atoms with van der Waals surface area (Å²) in [5, 5.41) is 0. The van der Waals surface area contributed by atoms with Crippen molar-refractivity contribution in [1.29, 1.82) is 0 Å². The number of nitrogens with one attached hydrogen (secondary N) is 1. The van der Waals surface area contributed by atoms with Gasteiger partial charge < -0.3 is 4.98 Å². The maximum atomic E-state index is 12.6. The number of H-pyrrole nitrogens is 1. The summed E-state index contributed by atoms with van der Waals surface area (Å²) in [4.78, 5) is 31.8. The van der Waals surface area contributed by atoms with Crippen LogP contribution >= 0.6 is 0 Å². The molecule has 0 radical (unpaired) electrons. The first-order valence-electron chi connectivity index (χ1n) is 6.93. The van der Waals surface area contributed by atoms with Crippen LogP contribution in [0, 0.1) is 0 Å². The molecule has 0 amide bonds. The Hall–Kier alpha value is -2.63. The van der Waals surface area contributed by atoms with Crippen molar-refractivity contribution >= 4 is 11.2 Å². The van der Waals surface area contributed by atoms with Gasteiger partial charge in [-0.3, -0.25) is 13.9 Å². The highest BCUT2D eigenvalue weighted by molar-refractivity contribution is 5.68. The summed E-state index contributed by atoms with van der Waals surface area (Å²) in [5.74, 6) is 0. The van der Waals surface area contributed by atoms with Crippen molar-refractivity contribution in [3.63, 3.8) is 0 Å². The Morgan fingerprint density at radius 2 is 1.90 bits per heavy atom. The van der Waals surface area contributed by atoms with Crippen molar-refractivity contribution in [1.82, 2.24) is 19.1 Å². The SMILES string of the molecule is CCCn1c(=O)c2[nH]cnc2n(Cc2ccccc2)c1=O. The smallest absolute Gasteiger partial charge is 0.333 e. The third-order valence-corrected chi connectivity index (χ3v) is 3.43. The first kappa shape index (κ1) is 13.4. The molecule has 108 valence electrons.